The Kier molecular flexibility index (Phi) is 4.79. The van der Waals surface area contributed by atoms with Crippen LogP contribution < -0.4 is 4.74 Å². The fourth-order valence-electron chi connectivity index (χ4n) is 1.69. The van der Waals surface area contributed by atoms with E-state index in [0.29, 0.717) is 11.3 Å². The molecule has 0 saturated heterocycles. The Morgan fingerprint density at radius 2 is 2.06 bits per heavy atom. The molecular formula is C14H17ClO3. The van der Waals surface area contributed by atoms with Crippen LogP contribution in [-0.2, 0) is 4.79 Å². The number of allylic oxidation sites excluding steroid dienone is 1. The predicted octanol–water partition coefficient (Wildman–Crippen LogP) is 3.68. The highest BCUT2D eigenvalue weighted by molar-refractivity contribution is 6.32. The number of ether oxygens (including phenoxy) is 1. The first kappa shape index (κ1) is 14.6. The summed E-state index contributed by atoms with van der Waals surface area (Å²) in [5, 5.41) is 9.83. The highest BCUT2D eigenvalue weighted by Gasteiger charge is 2.12. The highest BCUT2D eigenvalue weighted by atomic mass is 35.5. The van der Waals surface area contributed by atoms with Crippen LogP contribution in [0.5, 0.6) is 11.5 Å². The van der Waals surface area contributed by atoms with Gasteiger partial charge in [-0.25, -0.2) is 0 Å². The first-order valence-electron chi connectivity index (χ1n) is 5.65. The van der Waals surface area contributed by atoms with Gasteiger partial charge in [-0.05, 0) is 42.2 Å². The topological polar surface area (TPSA) is 46.5 Å². The standard InChI is InChI=1S/C14H17ClO3/c1-8(2)11(9(3)16)5-10-6-12(15)14(17)13(7-10)18-4/h5-8,17H,1-4H3/b11-5+. The smallest absolute Gasteiger partial charge is 0.176 e. The summed E-state index contributed by atoms with van der Waals surface area (Å²) in [6.07, 6.45) is 1.76. The van der Waals surface area contributed by atoms with Crippen molar-refractivity contribution in [3.8, 4) is 11.5 Å². The zero-order chi connectivity index (χ0) is 13.9. The number of ketones is 1. The summed E-state index contributed by atoms with van der Waals surface area (Å²) in [6, 6.07) is 3.25. The Bertz CT molecular complexity index is 490. The van der Waals surface area contributed by atoms with E-state index in [1.807, 2.05) is 13.8 Å². The molecule has 0 radical (unpaired) electrons. The first-order chi connectivity index (χ1) is 8.36. The van der Waals surface area contributed by atoms with Crippen LogP contribution in [0.4, 0.5) is 0 Å². The summed E-state index contributed by atoms with van der Waals surface area (Å²) in [7, 11) is 1.45. The molecule has 4 heteroatoms. The molecule has 0 aliphatic rings. The Balaban J connectivity index is 3.29. The maximum atomic E-state index is 11.5. The van der Waals surface area contributed by atoms with Crippen molar-refractivity contribution in [1.29, 1.82) is 0 Å². The molecule has 0 aromatic heterocycles. The third-order valence-corrected chi connectivity index (χ3v) is 2.91. The maximum absolute atomic E-state index is 11.5. The van der Waals surface area contributed by atoms with E-state index < -0.39 is 0 Å². The van der Waals surface area contributed by atoms with Crippen LogP contribution in [0.2, 0.25) is 5.02 Å². The number of aromatic hydroxyl groups is 1. The quantitative estimate of drug-likeness (QED) is 0.848. The number of phenols is 1. The van der Waals surface area contributed by atoms with Gasteiger partial charge >= 0.3 is 0 Å². The minimum Gasteiger partial charge on any atom is -0.503 e. The lowest BCUT2D eigenvalue weighted by molar-refractivity contribution is -0.113. The minimum atomic E-state index is -0.0924. The van der Waals surface area contributed by atoms with Gasteiger partial charge in [-0.1, -0.05) is 25.4 Å². The van der Waals surface area contributed by atoms with Crippen LogP contribution in [0.3, 0.4) is 0 Å². The van der Waals surface area contributed by atoms with E-state index in [1.54, 1.807) is 18.2 Å². The van der Waals surface area contributed by atoms with E-state index >= 15 is 0 Å². The molecule has 1 aromatic rings. The number of benzene rings is 1. The molecule has 0 spiro atoms. The van der Waals surface area contributed by atoms with E-state index in [9.17, 15) is 9.90 Å². The molecule has 18 heavy (non-hydrogen) atoms. The van der Waals surface area contributed by atoms with Crippen molar-refractivity contribution < 1.29 is 14.6 Å². The van der Waals surface area contributed by atoms with Gasteiger partial charge in [0.15, 0.2) is 17.3 Å². The van der Waals surface area contributed by atoms with Gasteiger partial charge in [-0.15, -0.1) is 0 Å². The van der Waals surface area contributed by atoms with Crippen LogP contribution in [-0.4, -0.2) is 18.0 Å². The summed E-state index contributed by atoms with van der Waals surface area (Å²) in [5.74, 6) is 0.347. The van der Waals surface area contributed by atoms with Gasteiger partial charge in [0.2, 0.25) is 0 Å². The van der Waals surface area contributed by atoms with E-state index in [0.717, 1.165) is 5.56 Å². The average Bonchev–Trinajstić information content (AvgIpc) is 2.29. The van der Waals surface area contributed by atoms with E-state index in [4.69, 9.17) is 16.3 Å². The maximum Gasteiger partial charge on any atom is 0.176 e. The molecule has 3 nitrogen and oxygen atoms in total. The Labute approximate surface area is 112 Å². The molecule has 0 fully saturated rings. The number of hydrogen-bond acceptors (Lipinski definition) is 3. The van der Waals surface area contributed by atoms with E-state index in [1.165, 1.54) is 14.0 Å². The zero-order valence-corrected chi connectivity index (χ0v) is 11.7. The molecular weight excluding hydrogens is 252 g/mol. The second-order valence-corrected chi connectivity index (χ2v) is 4.77. The molecule has 0 amide bonds. The second-order valence-electron chi connectivity index (χ2n) is 4.36. The van der Waals surface area contributed by atoms with Crippen molar-refractivity contribution in [3.63, 3.8) is 0 Å². The molecule has 0 heterocycles. The predicted molar refractivity (Wildman–Crippen MR) is 73.2 cm³/mol. The van der Waals surface area contributed by atoms with Gasteiger partial charge in [0.1, 0.15) is 0 Å². The van der Waals surface area contributed by atoms with E-state index in [-0.39, 0.29) is 22.5 Å². The molecule has 0 bridgehead atoms. The number of methoxy groups -OCH3 is 1. The third kappa shape index (κ3) is 3.26. The van der Waals surface area contributed by atoms with Gasteiger partial charge in [0.05, 0.1) is 12.1 Å². The largest absolute Gasteiger partial charge is 0.503 e. The number of hydrogen-bond donors (Lipinski definition) is 1. The lowest BCUT2D eigenvalue weighted by Crippen LogP contribution is -2.03. The average molecular weight is 269 g/mol. The Morgan fingerprint density at radius 1 is 1.44 bits per heavy atom. The number of carbonyl (C=O) groups excluding carboxylic acids is 1. The molecule has 0 aliphatic heterocycles. The van der Waals surface area contributed by atoms with Gasteiger partial charge in [0.25, 0.3) is 0 Å². The fraction of sp³-hybridized carbons (Fsp3) is 0.357. The summed E-state index contributed by atoms with van der Waals surface area (Å²) in [4.78, 5) is 11.5. The van der Waals surface area contributed by atoms with Crippen molar-refractivity contribution in [2.75, 3.05) is 7.11 Å². The van der Waals surface area contributed by atoms with Crippen molar-refractivity contribution in [2.45, 2.75) is 20.8 Å². The number of Topliss-reactive ketones (excluding diaryl/α,β-unsaturated/α-hetero) is 1. The normalized spacial score (nSPS) is 11.8. The van der Waals surface area contributed by atoms with Crippen molar-refractivity contribution >= 4 is 23.5 Å². The van der Waals surface area contributed by atoms with Gasteiger partial charge < -0.3 is 9.84 Å². The zero-order valence-electron chi connectivity index (χ0n) is 11.0. The summed E-state index contributed by atoms with van der Waals surface area (Å²) in [5.41, 5.74) is 1.44. The van der Waals surface area contributed by atoms with Gasteiger partial charge in [0, 0.05) is 0 Å². The number of halogens is 1. The van der Waals surface area contributed by atoms with E-state index in [2.05, 4.69) is 0 Å². The summed E-state index contributed by atoms with van der Waals surface area (Å²) in [6.45, 7) is 5.43. The number of carbonyl (C=O) groups is 1. The van der Waals surface area contributed by atoms with Crippen molar-refractivity contribution in [3.05, 3.63) is 28.3 Å². The SMILES string of the molecule is COc1cc(/C=C(/C(C)=O)C(C)C)cc(Cl)c1O. The molecule has 0 saturated carbocycles. The Hall–Kier alpha value is -1.48. The number of rotatable bonds is 4. The lowest BCUT2D eigenvalue weighted by Gasteiger charge is -2.10. The van der Waals surface area contributed by atoms with Gasteiger partial charge in [-0.3, -0.25) is 4.79 Å². The van der Waals surface area contributed by atoms with Crippen LogP contribution in [0, 0.1) is 5.92 Å². The lowest BCUT2D eigenvalue weighted by atomic mass is 9.97. The monoisotopic (exact) mass is 268 g/mol. The third-order valence-electron chi connectivity index (χ3n) is 2.62. The van der Waals surface area contributed by atoms with Crippen LogP contribution in [0.25, 0.3) is 6.08 Å². The molecule has 0 unspecified atom stereocenters. The van der Waals surface area contributed by atoms with Crippen molar-refractivity contribution in [1.82, 2.24) is 0 Å². The highest BCUT2D eigenvalue weighted by Crippen LogP contribution is 2.35. The van der Waals surface area contributed by atoms with Crippen LogP contribution in [0.15, 0.2) is 17.7 Å². The molecule has 0 atom stereocenters. The molecule has 0 aliphatic carbocycles. The number of phenolic OH excluding ortho intramolecular Hbond substituents is 1. The molecule has 98 valence electrons. The minimum absolute atomic E-state index is 0.0214. The van der Waals surface area contributed by atoms with Crippen LogP contribution in [0.1, 0.15) is 26.3 Å². The summed E-state index contributed by atoms with van der Waals surface area (Å²) < 4.78 is 5.02. The van der Waals surface area contributed by atoms with Crippen LogP contribution >= 0.6 is 11.6 Å². The first-order valence-corrected chi connectivity index (χ1v) is 6.03. The molecule has 1 aromatic carbocycles. The Morgan fingerprint density at radius 3 is 2.50 bits per heavy atom. The second kappa shape index (κ2) is 5.91. The molecule has 1 rings (SSSR count). The van der Waals surface area contributed by atoms with Crippen molar-refractivity contribution in [2.24, 2.45) is 5.92 Å². The fourth-order valence-corrected chi connectivity index (χ4v) is 1.91. The van der Waals surface area contributed by atoms with Gasteiger partial charge in [-0.2, -0.15) is 0 Å². The summed E-state index contributed by atoms with van der Waals surface area (Å²) >= 11 is 5.90. The molecule has 1 N–H and O–H groups in total.